The summed E-state index contributed by atoms with van der Waals surface area (Å²) in [4.78, 5) is 0. The number of rotatable bonds is 7. The second kappa shape index (κ2) is 7.83. The fourth-order valence-corrected chi connectivity index (χ4v) is 2.45. The van der Waals surface area contributed by atoms with Gasteiger partial charge >= 0.3 is 0 Å². The lowest BCUT2D eigenvalue weighted by Gasteiger charge is -2.15. The number of aliphatic hydroxyl groups is 1. The maximum atomic E-state index is 10.4. The van der Waals surface area contributed by atoms with Gasteiger partial charge in [0.1, 0.15) is 0 Å². The first-order valence-electron chi connectivity index (χ1n) is 7.10. The zero-order chi connectivity index (χ0) is 14.2. The lowest BCUT2D eigenvalue weighted by atomic mass is 9.97. The zero-order valence-electron chi connectivity index (χ0n) is 12.0. The van der Waals surface area contributed by atoms with Crippen molar-refractivity contribution in [2.75, 3.05) is 7.11 Å². The van der Waals surface area contributed by atoms with E-state index >= 15 is 0 Å². The summed E-state index contributed by atoms with van der Waals surface area (Å²) in [5.41, 5.74) is 3.38. The van der Waals surface area contributed by atoms with Crippen molar-refractivity contribution in [3.8, 4) is 0 Å². The van der Waals surface area contributed by atoms with Crippen molar-refractivity contribution in [3.63, 3.8) is 0 Å². The van der Waals surface area contributed by atoms with Crippen LogP contribution in [0.5, 0.6) is 0 Å². The Kier molecular flexibility index (Phi) is 5.78. The van der Waals surface area contributed by atoms with E-state index in [1.165, 1.54) is 5.56 Å². The van der Waals surface area contributed by atoms with Gasteiger partial charge in [-0.2, -0.15) is 0 Å². The predicted octanol–water partition coefficient (Wildman–Crippen LogP) is 3.89. The highest BCUT2D eigenvalue weighted by Crippen LogP contribution is 2.23. The molecule has 0 aliphatic heterocycles. The molecular formula is C18H22O2. The van der Waals surface area contributed by atoms with E-state index in [2.05, 4.69) is 24.3 Å². The number of aliphatic hydroxyl groups excluding tert-OH is 1. The van der Waals surface area contributed by atoms with Gasteiger partial charge < -0.3 is 9.84 Å². The smallest absolute Gasteiger partial charge is 0.0793 e. The molecule has 2 heteroatoms. The number of hydrogen-bond acceptors (Lipinski definition) is 2. The third kappa shape index (κ3) is 4.19. The van der Waals surface area contributed by atoms with Crippen molar-refractivity contribution in [1.29, 1.82) is 0 Å². The third-order valence-corrected chi connectivity index (χ3v) is 3.50. The number of benzene rings is 2. The van der Waals surface area contributed by atoms with E-state index in [4.69, 9.17) is 4.74 Å². The molecule has 20 heavy (non-hydrogen) atoms. The molecule has 0 aliphatic rings. The molecule has 1 unspecified atom stereocenters. The molecule has 2 aromatic rings. The minimum absolute atomic E-state index is 0.412. The molecule has 0 amide bonds. The lowest BCUT2D eigenvalue weighted by Crippen LogP contribution is -2.03. The van der Waals surface area contributed by atoms with E-state index in [9.17, 15) is 5.11 Å². The maximum absolute atomic E-state index is 10.4. The number of aryl methyl sites for hydroxylation is 1. The molecule has 106 valence electrons. The minimum atomic E-state index is -0.412. The SMILES string of the molecule is COCc1ccccc1C(O)CCCc1ccccc1. The highest BCUT2D eigenvalue weighted by Gasteiger charge is 2.11. The van der Waals surface area contributed by atoms with Crippen molar-refractivity contribution in [2.45, 2.75) is 32.0 Å². The van der Waals surface area contributed by atoms with Crippen LogP contribution in [0.3, 0.4) is 0 Å². The van der Waals surface area contributed by atoms with Crippen LogP contribution in [0.4, 0.5) is 0 Å². The van der Waals surface area contributed by atoms with Gasteiger partial charge in [0.05, 0.1) is 12.7 Å². The quantitative estimate of drug-likeness (QED) is 0.827. The van der Waals surface area contributed by atoms with E-state index < -0.39 is 6.10 Å². The van der Waals surface area contributed by atoms with Crippen LogP contribution in [-0.4, -0.2) is 12.2 Å². The summed E-state index contributed by atoms with van der Waals surface area (Å²) < 4.78 is 5.18. The van der Waals surface area contributed by atoms with Gasteiger partial charge in [0, 0.05) is 7.11 Å². The van der Waals surface area contributed by atoms with Crippen LogP contribution in [0.25, 0.3) is 0 Å². The summed E-state index contributed by atoms with van der Waals surface area (Å²) in [6.07, 6.45) is 2.34. The van der Waals surface area contributed by atoms with Crippen LogP contribution >= 0.6 is 0 Å². The summed E-state index contributed by atoms with van der Waals surface area (Å²) in [5.74, 6) is 0. The first-order valence-corrected chi connectivity index (χ1v) is 7.10. The Morgan fingerprint density at radius 1 is 1.00 bits per heavy atom. The third-order valence-electron chi connectivity index (χ3n) is 3.50. The Morgan fingerprint density at radius 3 is 2.45 bits per heavy atom. The summed E-state index contributed by atoms with van der Waals surface area (Å²) in [5, 5.41) is 10.4. The molecule has 0 saturated carbocycles. The molecule has 0 aromatic heterocycles. The fraction of sp³-hybridized carbons (Fsp3) is 0.333. The van der Waals surface area contributed by atoms with Crippen LogP contribution in [0, 0.1) is 0 Å². The molecule has 0 saturated heterocycles. The molecular weight excluding hydrogens is 248 g/mol. The Morgan fingerprint density at radius 2 is 1.70 bits per heavy atom. The van der Waals surface area contributed by atoms with Crippen LogP contribution in [0.15, 0.2) is 54.6 Å². The Hall–Kier alpha value is -1.64. The van der Waals surface area contributed by atoms with Gasteiger partial charge in [0.25, 0.3) is 0 Å². The van der Waals surface area contributed by atoms with Crippen molar-refractivity contribution >= 4 is 0 Å². The summed E-state index contributed by atoms with van der Waals surface area (Å²) in [6.45, 7) is 0.548. The van der Waals surface area contributed by atoms with Crippen molar-refractivity contribution in [1.82, 2.24) is 0 Å². The van der Waals surface area contributed by atoms with Gasteiger partial charge in [-0.15, -0.1) is 0 Å². The van der Waals surface area contributed by atoms with Gasteiger partial charge in [-0.05, 0) is 36.0 Å². The first kappa shape index (κ1) is 14.8. The predicted molar refractivity (Wildman–Crippen MR) is 81.5 cm³/mol. The van der Waals surface area contributed by atoms with Gasteiger partial charge in [-0.3, -0.25) is 0 Å². The van der Waals surface area contributed by atoms with Crippen molar-refractivity contribution in [3.05, 3.63) is 71.3 Å². The van der Waals surface area contributed by atoms with E-state index in [1.807, 2.05) is 30.3 Å². The largest absolute Gasteiger partial charge is 0.388 e. The average Bonchev–Trinajstić information content (AvgIpc) is 2.49. The Balaban J connectivity index is 1.90. The molecule has 0 spiro atoms. The van der Waals surface area contributed by atoms with Gasteiger partial charge in [0.15, 0.2) is 0 Å². The molecule has 0 radical (unpaired) electrons. The number of methoxy groups -OCH3 is 1. The summed E-state index contributed by atoms with van der Waals surface area (Å²) in [6, 6.07) is 18.3. The standard InChI is InChI=1S/C18H22O2/c1-20-14-16-11-5-6-12-17(16)18(19)13-7-10-15-8-3-2-4-9-15/h2-6,8-9,11-12,18-19H,7,10,13-14H2,1H3. The topological polar surface area (TPSA) is 29.5 Å². The number of ether oxygens (including phenoxy) is 1. The molecule has 2 aromatic carbocycles. The maximum Gasteiger partial charge on any atom is 0.0793 e. The summed E-state index contributed by atoms with van der Waals surface area (Å²) >= 11 is 0. The highest BCUT2D eigenvalue weighted by atomic mass is 16.5. The van der Waals surface area contributed by atoms with Crippen LogP contribution in [-0.2, 0) is 17.8 Å². The molecule has 0 bridgehead atoms. The second-order valence-electron chi connectivity index (χ2n) is 5.03. The lowest BCUT2D eigenvalue weighted by molar-refractivity contribution is 0.152. The molecule has 0 aliphatic carbocycles. The normalized spacial score (nSPS) is 12.3. The zero-order valence-corrected chi connectivity index (χ0v) is 12.0. The highest BCUT2D eigenvalue weighted by molar-refractivity contribution is 5.28. The van der Waals surface area contributed by atoms with E-state index in [0.29, 0.717) is 6.61 Å². The second-order valence-corrected chi connectivity index (χ2v) is 5.03. The summed E-state index contributed by atoms with van der Waals surface area (Å²) in [7, 11) is 1.68. The van der Waals surface area contributed by atoms with E-state index in [1.54, 1.807) is 7.11 Å². The van der Waals surface area contributed by atoms with Crippen LogP contribution < -0.4 is 0 Å². The van der Waals surface area contributed by atoms with Crippen LogP contribution in [0.1, 0.15) is 35.6 Å². The van der Waals surface area contributed by atoms with Gasteiger partial charge in [-0.1, -0.05) is 54.6 Å². The number of hydrogen-bond donors (Lipinski definition) is 1. The van der Waals surface area contributed by atoms with Gasteiger partial charge in [0.2, 0.25) is 0 Å². The molecule has 0 fully saturated rings. The van der Waals surface area contributed by atoms with Crippen LogP contribution in [0.2, 0.25) is 0 Å². The monoisotopic (exact) mass is 270 g/mol. The molecule has 2 rings (SSSR count). The minimum Gasteiger partial charge on any atom is -0.388 e. The van der Waals surface area contributed by atoms with Crippen molar-refractivity contribution < 1.29 is 9.84 Å². The fourth-order valence-electron chi connectivity index (χ4n) is 2.45. The molecule has 1 N–H and O–H groups in total. The average molecular weight is 270 g/mol. The van der Waals surface area contributed by atoms with E-state index in [0.717, 1.165) is 30.4 Å². The van der Waals surface area contributed by atoms with E-state index in [-0.39, 0.29) is 0 Å². The molecule has 2 nitrogen and oxygen atoms in total. The molecule has 1 atom stereocenters. The Bertz CT molecular complexity index is 508. The van der Waals surface area contributed by atoms with Gasteiger partial charge in [-0.25, -0.2) is 0 Å². The first-order chi connectivity index (χ1) is 9.81. The Labute approximate surface area is 121 Å². The molecule has 0 heterocycles. The van der Waals surface area contributed by atoms with Crippen molar-refractivity contribution in [2.24, 2.45) is 0 Å².